The Morgan fingerprint density at radius 1 is 1.04 bits per heavy atom. The summed E-state index contributed by atoms with van der Waals surface area (Å²) in [6.45, 7) is 15.2. The van der Waals surface area contributed by atoms with Gasteiger partial charge in [0.05, 0.1) is 0 Å². The number of carbonyl (C=O) groups is 1. The lowest BCUT2D eigenvalue weighted by Crippen LogP contribution is -2.36. The van der Waals surface area contributed by atoms with E-state index in [2.05, 4.69) is 72.8 Å². The molecular weight excluding hydrogens is 308 g/mol. The van der Waals surface area contributed by atoms with Crippen molar-refractivity contribution >= 4 is 5.97 Å². The lowest BCUT2D eigenvalue weighted by atomic mass is 9.81. The van der Waals surface area contributed by atoms with Crippen molar-refractivity contribution < 1.29 is 9.53 Å². The van der Waals surface area contributed by atoms with Crippen molar-refractivity contribution in [2.24, 2.45) is 17.3 Å². The first-order valence-electron chi connectivity index (χ1n) is 9.78. The van der Waals surface area contributed by atoms with E-state index in [0.717, 1.165) is 25.7 Å². The van der Waals surface area contributed by atoms with E-state index in [4.69, 9.17) is 4.74 Å². The molecule has 0 aromatic heterocycles. The predicted molar refractivity (Wildman–Crippen MR) is 107 cm³/mol. The van der Waals surface area contributed by atoms with Crippen molar-refractivity contribution in [3.8, 4) is 0 Å². The average Bonchev–Trinajstić information content (AvgIpc) is 2.48. The van der Waals surface area contributed by atoms with Gasteiger partial charge in [0.25, 0.3) is 0 Å². The van der Waals surface area contributed by atoms with Crippen LogP contribution in [0.3, 0.4) is 0 Å². The molecule has 0 amide bonds. The highest BCUT2D eigenvalue weighted by Gasteiger charge is 2.32. The van der Waals surface area contributed by atoms with Crippen LogP contribution in [0, 0.1) is 17.3 Å². The lowest BCUT2D eigenvalue weighted by molar-refractivity contribution is -0.157. The van der Waals surface area contributed by atoms with E-state index in [1.54, 1.807) is 0 Å². The number of esters is 1. The number of cyclic esters (lactones) is 1. The van der Waals surface area contributed by atoms with Crippen LogP contribution in [0.2, 0.25) is 0 Å². The third-order valence-corrected chi connectivity index (χ3v) is 4.86. The van der Waals surface area contributed by atoms with E-state index < -0.39 is 0 Å². The van der Waals surface area contributed by atoms with E-state index in [9.17, 15) is 4.79 Å². The Kier molecular flexibility index (Phi) is 8.68. The molecule has 0 saturated carbocycles. The lowest BCUT2D eigenvalue weighted by Gasteiger charge is -2.33. The molecule has 1 rings (SSSR count). The zero-order valence-corrected chi connectivity index (χ0v) is 17.4. The van der Waals surface area contributed by atoms with Crippen LogP contribution in [0.5, 0.6) is 0 Å². The number of hydrogen-bond acceptors (Lipinski definition) is 2. The molecular formula is C23H38O2. The Hall–Kier alpha value is -1.31. The van der Waals surface area contributed by atoms with Gasteiger partial charge in [-0.3, -0.25) is 4.79 Å². The third kappa shape index (κ3) is 8.56. The molecule has 0 N–H and O–H groups in total. The fourth-order valence-electron chi connectivity index (χ4n) is 3.47. The number of allylic oxidation sites excluding steroid dienone is 5. The molecule has 1 heterocycles. The predicted octanol–water partition coefficient (Wildman–Crippen LogP) is 6.63. The van der Waals surface area contributed by atoms with Gasteiger partial charge in [0, 0.05) is 12.3 Å². The van der Waals surface area contributed by atoms with Gasteiger partial charge in [-0.25, -0.2) is 0 Å². The Bertz CT molecular complexity index is 517. The van der Waals surface area contributed by atoms with Crippen LogP contribution in [0.15, 0.2) is 35.5 Å². The molecule has 0 radical (unpaired) electrons. The van der Waals surface area contributed by atoms with E-state index in [1.807, 2.05) is 0 Å². The maximum Gasteiger partial charge on any atom is 0.306 e. The molecule has 1 aliphatic heterocycles. The standard InChI is InChI=1S/C23H38O2/c1-17-10-8-11-18(2)16-19(3)12-9-13-20(4)22(23(5,6)7)25-21(24)15-14-17/h9-10,13,16,19-20,22H,8,11-12,14-15H2,1-7H3/b13-9+,17-10+,18-16+/t19-,20+,22-/m0/s1. The van der Waals surface area contributed by atoms with Gasteiger partial charge in [-0.2, -0.15) is 0 Å². The molecule has 0 aromatic carbocycles. The smallest absolute Gasteiger partial charge is 0.306 e. The highest BCUT2D eigenvalue weighted by molar-refractivity contribution is 5.70. The van der Waals surface area contributed by atoms with Crippen LogP contribution in [-0.4, -0.2) is 12.1 Å². The summed E-state index contributed by atoms with van der Waals surface area (Å²) in [5.41, 5.74) is 2.67. The normalized spacial score (nSPS) is 33.6. The largest absolute Gasteiger partial charge is 0.461 e. The van der Waals surface area contributed by atoms with Crippen LogP contribution in [-0.2, 0) is 9.53 Å². The first-order chi connectivity index (χ1) is 11.6. The molecule has 0 spiro atoms. The fraction of sp³-hybridized carbons (Fsp3) is 0.696. The van der Waals surface area contributed by atoms with E-state index in [1.165, 1.54) is 11.1 Å². The summed E-state index contributed by atoms with van der Waals surface area (Å²) in [5, 5.41) is 0. The van der Waals surface area contributed by atoms with E-state index in [-0.39, 0.29) is 23.4 Å². The first kappa shape index (κ1) is 21.7. The first-order valence-corrected chi connectivity index (χ1v) is 9.78. The molecule has 0 aromatic rings. The van der Waals surface area contributed by atoms with Gasteiger partial charge in [-0.05, 0) is 50.9 Å². The van der Waals surface area contributed by atoms with Crippen molar-refractivity contribution in [2.45, 2.75) is 86.7 Å². The molecule has 0 saturated heterocycles. The summed E-state index contributed by atoms with van der Waals surface area (Å²) < 4.78 is 5.89. The summed E-state index contributed by atoms with van der Waals surface area (Å²) >= 11 is 0. The molecule has 0 aliphatic carbocycles. The minimum atomic E-state index is -0.0963. The zero-order chi connectivity index (χ0) is 19.0. The Morgan fingerprint density at radius 3 is 2.36 bits per heavy atom. The van der Waals surface area contributed by atoms with Crippen LogP contribution in [0.1, 0.15) is 80.6 Å². The quantitative estimate of drug-likeness (QED) is 0.363. The second kappa shape index (κ2) is 9.99. The second-order valence-corrected chi connectivity index (χ2v) is 8.88. The van der Waals surface area contributed by atoms with Gasteiger partial charge in [0.15, 0.2) is 0 Å². The van der Waals surface area contributed by atoms with E-state index >= 15 is 0 Å². The highest BCUT2D eigenvalue weighted by atomic mass is 16.5. The second-order valence-electron chi connectivity index (χ2n) is 8.88. The fourth-order valence-corrected chi connectivity index (χ4v) is 3.47. The van der Waals surface area contributed by atoms with Crippen LogP contribution < -0.4 is 0 Å². The number of carbonyl (C=O) groups excluding carboxylic acids is 1. The van der Waals surface area contributed by atoms with Crippen molar-refractivity contribution in [3.05, 3.63) is 35.5 Å². The highest BCUT2D eigenvalue weighted by Crippen LogP contribution is 2.30. The molecule has 25 heavy (non-hydrogen) atoms. The van der Waals surface area contributed by atoms with Crippen LogP contribution in [0.25, 0.3) is 0 Å². The zero-order valence-electron chi connectivity index (χ0n) is 17.4. The third-order valence-electron chi connectivity index (χ3n) is 4.86. The van der Waals surface area contributed by atoms with Crippen molar-refractivity contribution in [2.75, 3.05) is 0 Å². The van der Waals surface area contributed by atoms with Crippen LogP contribution >= 0.6 is 0 Å². The monoisotopic (exact) mass is 346 g/mol. The van der Waals surface area contributed by atoms with Crippen molar-refractivity contribution in [1.29, 1.82) is 0 Å². The molecule has 0 fully saturated rings. The maximum atomic E-state index is 12.3. The molecule has 2 heteroatoms. The summed E-state index contributed by atoms with van der Waals surface area (Å²) in [6, 6.07) is 0. The van der Waals surface area contributed by atoms with Gasteiger partial charge in [0.2, 0.25) is 0 Å². The Morgan fingerprint density at radius 2 is 1.72 bits per heavy atom. The summed E-state index contributed by atoms with van der Waals surface area (Å²) in [6.07, 6.45) is 13.5. The van der Waals surface area contributed by atoms with Crippen molar-refractivity contribution in [1.82, 2.24) is 0 Å². The number of hydrogen-bond donors (Lipinski definition) is 0. The average molecular weight is 347 g/mol. The topological polar surface area (TPSA) is 26.3 Å². The maximum absolute atomic E-state index is 12.3. The molecule has 1 aliphatic rings. The Balaban J connectivity index is 2.98. The Labute approximate surface area is 155 Å². The molecule has 2 nitrogen and oxygen atoms in total. The van der Waals surface area contributed by atoms with Gasteiger partial charge < -0.3 is 4.74 Å². The summed E-state index contributed by atoms with van der Waals surface area (Å²) in [4.78, 5) is 12.3. The molecule has 3 atom stereocenters. The summed E-state index contributed by atoms with van der Waals surface area (Å²) in [5.74, 6) is 0.673. The van der Waals surface area contributed by atoms with E-state index in [0.29, 0.717) is 12.3 Å². The minimum absolute atomic E-state index is 0.0716. The number of rotatable bonds is 0. The van der Waals surface area contributed by atoms with Crippen molar-refractivity contribution in [3.63, 3.8) is 0 Å². The van der Waals surface area contributed by atoms with Gasteiger partial charge >= 0.3 is 5.97 Å². The van der Waals surface area contributed by atoms with Crippen LogP contribution in [0.4, 0.5) is 0 Å². The minimum Gasteiger partial charge on any atom is -0.461 e. The SMILES string of the molecule is C/C1=C\[C@@H](C)C/C=C/[C@@H](C)[C@@H](C(C)(C)C)OC(=O)CC/C(C)=C/CC1. The van der Waals surface area contributed by atoms with Gasteiger partial charge in [-0.15, -0.1) is 0 Å². The van der Waals surface area contributed by atoms with Gasteiger partial charge in [0.1, 0.15) is 6.10 Å². The molecule has 142 valence electrons. The van der Waals surface area contributed by atoms with Gasteiger partial charge in [-0.1, -0.05) is 70.1 Å². The molecule has 0 unspecified atom stereocenters. The molecule has 0 bridgehead atoms. The summed E-state index contributed by atoms with van der Waals surface area (Å²) in [7, 11) is 0. The number of ether oxygens (including phenoxy) is 1.